The largest absolute Gasteiger partial charge is 0.378 e. The van der Waals surface area contributed by atoms with Gasteiger partial charge in [-0.1, -0.05) is 0 Å². The smallest absolute Gasteiger partial charge is 0.227 e. The summed E-state index contributed by atoms with van der Waals surface area (Å²) < 4.78 is 28.5. The number of morpholine rings is 1. The molecule has 0 aliphatic carbocycles. The molecule has 2 aliphatic heterocycles. The molecule has 0 bridgehead atoms. The van der Waals surface area contributed by atoms with Gasteiger partial charge in [0, 0.05) is 32.4 Å². The molecule has 1 unspecified atom stereocenters. The van der Waals surface area contributed by atoms with Crippen LogP contribution in [0.3, 0.4) is 0 Å². The Bertz CT molecular complexity index is 601. The van der Waals surface area contributed by atoms with Crippen molar-refractivity contribution in [3.05, 3.63) is 12.3 Å². The molecule has 2 fully saturated rings. The van der Waals surface area contributed by atoms with Crippen LogP contribution in [-0.4, -0.2) is 69.3 Å². The van der Waals surface area contributed by atoms with Crippen molar-refractivity contribution in [2.24, 2.45) is 0 Å². The van der Waals surface area contributed by atoms with Gasteiger partial charge in [0.2, 0.25) is 5.95 Å². The van der Waals surface area contributed by atoms with E-state index in [0.29, 0.717) is 25.6 Å². The maximum atomic E-state index is 11.6. The van der Waals surface area contributed by atoms with Gasteiger partial charge in [-0.25, -0.2) is 13.4 Å². The number of hydrogen-bond acceptors (Lipinski definition) is 7. The van der Waals surface area contributed by atoms with E-state index in [-0.39, 0.29) is 17.5 Å². The number of ether oxygens (including phenoxy) is 1. The molecule has 0 spiro atoms. The molecule has 7 nitrogen and oxygen atoms in total. The van der Waals surface area contributed by atoms with Crippen LogP contribution in [-0.2, 0) is 14.6 Å². The Morgan fingerprint density at radius 2 is 2.14 bits per heavy atom. The molecule has 2 saturated heterocycles. The second-order valence-electron chi connectivity index (χ2n) is 5.48. The van der Waals surface area contributed by atoms with Gasteiger partial charge >= 0.3 is 0 Å². The third-order valence-electron chi connectivity index (χ3n) is 4.03. The van der Waals surface area contributed by atoms with E-state index in [4.69, 9.17) is 4.74 Å². The van der Waals surface area contributed by atoms with Gasteiger partial charge in [0.15, 0.2) is 9.84 Å². The van der Waals surface area contributed by atoms with E-state index in [1.165, 1.54) is 0 Å². The molecule has 0 aromatic carbocycles. The highest BCUT2D eigenvalue weighted by molar-refractivity contribution is 7.91. The predicted molar refractivity (Wildman–Crippen MR) is 80.5 cm³/mol. The summed E-state index contributed by atoms with van der Waals surface area (Å²) in [7, 11) is -1.04. The van der Waals surface area contributed by atoms with Crippen LogP contribution < -0.4 is 9.80 Å². The van der Waals surface area contributed by atoms with Crippen molar-refractivity contribution in [2.45, 2.75) is 12.5 Å². The second kappa shape index (κ2) is 5.76. The van der Waals surface area contributed by atoms with Crippen molar-refractivity contribution in [3.63, 3.8) is 0 Å². The van der Waals surface area contributed by atoms with Crippen LogP contribution in [0.5, 0.6) is 0 Å². The Balaban J connectivity index is 1.76. The molecular weight excluding hydrogens is 292 g/mol. The summed E-state index contributed by atoms with van der Waals surface area (Å²) in [5, 5.41) is 0. The molecule has 0 amide bonds. The van der Waals surface area contributed by atoms with Gasteiger partial charge in [-0.2, -0.15) is 4.98 Å². The predicted octanol–water partition coefficient (Wildman–Crippen LogP) is -0.0635. The lowest BCUT2D eigenvalue weighted by atomic mass is 10.2. The van der Waals surface area contributed by atoms with Crippen molar-refractivity contribution in [2.75, 3.05) is 54.7 Å². The fraction of sp³-hybridized carbons (Fsp3) is 0.692. The molecular formula is C13H20N4O3S. The lowest BCUT2D eigenvalue weighted by Gasteiger charge is -2.29. The van der Waals surface area contributed by atoms with Crippen molar-refractivity contribution < 1.29 is 13.2 Å². The van der Waals surface area contributed by atoms with Crippen LogP contribution in [0.1, 0.15) is 6.42 Å². The summed E-state index contributed by atoms with van der Waals surface area (Å²) in [5.41, 5.74) is 0. The third-order valence-corrected chi connectivity index (χ3v) is 5.79. The first kappa shape index (κ1) is 14.5. The molecule has 21 heavy (non-hydrogen) atoms. The maximum Gasteiger partial charge on any atom is 0.227 e. The summed E-state index contributed by atoms with van der Waals surface area (Å²) in [4.78, 5) is 12.9. The van der Waals surface area contributed by atoms with Crippen molar-refractivity contribution in [3.8, 4) is 0 Å². The first-order valence-corrected chi connectivity index (χ1v) is 8.96. The van der Waals surface area contributed by atoms with Crippen molar-refractivity contribution in [1.82, 2.24) is 9.97 Å². The first-order chi connectivity index (χ1) is 10.1. The molecule has 1 aromatic rings. The zero-order valence-corrected chi connectivity index (χ0v) is 12.9. The molecule has 0 saturated carbocycles. The van der Waals surface area contributed by atoms with Crippen LogP contribution >= 0.6 is 0 Å². The van der Waals surface area contributed by atoms with E-state index >= 15 is 0 Å². The number of sulfone groups is 1. The molecule has 2 aliphatic rings. The van der Waals surface area contributed by atoms with E-state index in [9.17, 15) is 8.42 Å². The molecule has 0 radical (unpaired) electrons. The van der Waals surface area contributed by atoms with Crippen LogP contribution in [0.15, 0.2) is 12.3 Å². The van der Waals surface area contributed by atoms with E-state index in [2.05, 4.69) is 14.9 Å². The maximum absolute atomic E-state index is 11.6. The highest BCUT2D eigenvalue weighted by Crippen LogP contribution is 2.22. The molecule has 116 valence electrons. The van der Waals surface area contributed by atoms with Gasteiger partial charge in [-0.15, -0.1) is 0 Å². The van der Waals surface area contributed by atoms with Gasteiger partial charge in [0.25, 0.3) is 0 Å². The van der Waals surface area contributed by atoms with Gasteiger partial charge < -0.3 is 14.5 Å². The summed E-state index contributed by atoms with van der Waals surface area (Å²) in [6.45, 7) is 3.04. The summed E-state index contributed by atoms with van der Waals surface area (Å²) in [6.07, 6.45) is 2.37. The van der Waals surface area contributed by atoms with Gasteiger partial charge in [0.1, 0.15) is 5.82 Å². The summed E-state index contributed by atoms with van der Waals surface area (Å²) in [6, 6.07) is 1.85. The normalized spacial score (nSPS) is 25.0. The Hall–Kier alpha value is -1.41. The summed E-state index contributed by atoms with van der Waals surface area (Å²) in [5.74, 6) is 1.90. The van der Waals surface area contributed by atoms with E-state index in [1.54, 1.807) is 6.20 Å². The Labute approximate surface area is 124 Å². The Kier molecular flexibility index (Phi) is 3.99. The minimum Gasteiger partial charge on any atom is -0.378 e. The van der Waals surface area contributed by atoms with Crippen LogP contribution in [0, 0.1) is 0 Å². The Morgan fingerprint density at radius 3 is 2.81 bits per heavy atom. The lowest BCUT2D eigenvalue weighted by Crippen LogP contribution is -2.38. The number of hydrogen-bond donors (Lipinski definition) is 0. The molecule has 1 atom stereocenters. The van der Waals surface area contributed by atoms with Crippen LogP contribution in [0.25, 0.3) is 0 Å². The number of nitrogens with zero attached hydrogens (tertiary/aromatic N) is 4. The highest BCUT2D eigenvalue weighted by atomic mass is 32.2. The Morgan fingerprint density at radius 1 is 1.38 bits per heavy atom. The average Bonchev–Trinajstić information content (AvgIpc) is 2.88. The zero-order chi connectivity index (χ0) is 14.9. The standard InChI is InChI=1S/C13H20N4O3S/c1-16(11-3-9-21(18,19)10-11)13-14-4-2-12(15-13)17-5-7-20-8-6-17/h2,4,11H,3,5-10H2,1H3. The topological polar surface area (TPSA) is 75.6 Å². The average molecular weight is 312 g/mol. The van der Waals surface area contributed by atoms with Gasteiger partial charge in [0.05, 0.1) is 24.7 Å². The SMILES string of the molecule is CN(c1nccc(N2CCOCC2)n1)C1CCS(=O)(=O)C1. The molecule has 3 rings (SSSR count). The molecule has 3 heterocycles. The fourth-order valence-electron chi connectivity index (χ4n) is 2.72. The van der Waals surface area contributed by atoms with Crippen LogP contribution in [0.4, 0.5) is 11.8 Å². The molecule has 1 aromatic heterocycles. The van der Waals surface area contributed by atoms with Gasteiger partial charge in [-0.3, -0.25) is 0 Å². The number of rotatable bonds is 3. The van der Waals surface area contributed by atoms with Gasteiger partial charge in [-0.05, 0) is 12.5 Å². The third kappa shape index (κ3) is 3.26. The fourth-order valence-corrected chi connectivity index (χ4v) is 4.50. The van der Waals surface area contributed by atoms with Crippen molar-refractivity contribution in [1.29, 1.82) is 0 Å². The molecule has 8 heteroatoms. The first-order valence-electron chi connectivity index (χ1n) is 7.14. The molecule has 0 N–H and O–H groups in total. The number of anilines is 2. The van der Waals surface area contributed by atoms with Crippen molar-refractivity contribution >= 4 is 21.6 Å². The lowest BCUT2D eigenvalue weighted by molar-refractivity contribution is 0.122. The second-order valence-corrected chi connectivity index (χ2v) is 7.71. The van der Waals surface area contributed by atoms with E-state index < -0.39 is 9.84 Å². The number of aromatic nitrogens is 2. The minimum absolute atomic E-state index is 0.0325. The quantitative estimate of drug-likeness (QED) is 0.773. The van der Waals surface area contributed by atoms with E-state index in [0.717, 1.165) is 18.9 Å². The zero-order valence-electron chi connectivity index (χ0n) is 12.1. The monoisotopic (exact) mass is 312 g/mol. The van der Waals surface area contributed by atoms with Crippen LogP contribution in [0.2, 0.25) is 0 Å². The summed E-state index contributed by atoms with van der Waals surface area (Å²) >= 11 is 0. The highest BCUT2D eigenvalue weighted by Gasteiger charge is 2.31. The van der Waals surface area contributed by atoms with E-state index in [1.807, 2.05) is 18.0 Å². The minimum atomic E-state index is -2.90.